The molecule has 0 bridgehead atoms. The summed E-state index contributed by atoms with van der Waals surface area (Å²) in [6, 6.07) is 0. The molecule has 0 saturated heterocycles. The van der Waals surface area contributed by atoms with Crippen molar-refractivity contribution in [2.45, 2.75) is 26.2 Å². The van der Waals surface area contributed by atoms with Crippen LogP contribution in [0.15, 0.2) is 6.33 Å². The molecule has 2 aromatic heterocycles. The minimum atomic E-state index is 0.205. The van der Waals surface area contributed by atoms with Gasteiger partial charge in [0.25, 0.3) is 0 Å². The molecule has 0 fully saturated rings. The van der Waals surface area contributed by atoms with Crippen LogP contribution in [0.2, 0.25) is 0 Å². The lowest BCUT2D eigenvalue weighted by molar-refractivity contribution is 0.255. The molecule has 1 atom stereocenters. The van der Waals surface area contributed by atoms with Crippen molar-refractivity contribution < 1.29 is 5.11 Å². The highest BCUT2D eigenvalue weighted by Crippen LogP contribution is 2.19. The van der Waals surface area contributed by atoms with Gasteiger partial charge in [0.05, 0.1) is 6.33 Å². The van der Waals surface area contributed by atoms with Crippen molar-refractivity contribution in [1.82, 2.24) is 19.9 Å². The molecular formula is C12H20N6O. The van der Waals surface area contributed by atoms with Gasteiger partial charge in [-0.2, -0.15) is 9.97 Å². The van der Waals surface area contributed by atoms with Gasteiger partial charge in [-0.3, -0.25) is 0 Å². The molecule has 2 aromatic rings. The number of aliphatic hydroxyl groups is 1. The molecule has 0 spiro atoms. The number of nitrogens with one attached hydrogen (secondary N) is 2. The van der Waals surface area contributed by atoms with Gasteiger partial charge in [-0.15, -0.1) is 0 Å². The topological polar surface area (TPSA) is 113 Å². The van der Waals surface area contributed by atoms with Crippen LogP contribution in [0.3, 0.4) is 0 Å². The van der Waals surface area contributed by atoms with E-state index in [9.17, 15) is 0 Å². The van der Waals surface area contributed by atoms with E-state index >= 15 is 0 Å². The van der Waals surface area contributed by atoms with E-state index in [-0.39, 0.29) is 12.6 Å². The fourth-order valence-electron chi connectivity index (χ4n) is 2.16. The first-order chi connectivity index (χ1) is 9.24. The molecule has 104 valence electrons. The molecule has 0 amide bonds. The summed E-state index contributed by atoms with van der Waals surface area (Å²) in [7, 11) is 0. The van der Waals surface area contributed by atoms with Crippen LogP contribution in [0.25, 0.3) is 11.2 Å². The van der Waals surface area contributed by atoms with Gasteiger partial charge in [0.15, 0.2) is 11.5 Å². The lowest BCUT2D eigenvalue weighted by atomic mass is 10.0. The van der Waals surface area contributed by atoms with Crippen molar-refractivity contribution in [3.63, 3.8) is 0 Å². The Balaban J connectivity index is 2.09. The van der Waals surface area contributed by atoms with E-state index in [1.807, 2.05) is 0 Å². The highest BCUT2D eigenvalue weighted by molar-refractivity contribution is 5.83. The minimum Gasteiger partial charge on any atom is -0.396 e. The molecule has 0 aliphatic heterocycles. The van der Waals surface area contributed by atoms with Crippen LogP contribution in [0, 0.1) is 5.92 Å². The highest BCUT2D eigenvalue weighted by atomic mass is 16.3. The third-order valence-corrected chi connectivity index (χ3v) is 3.10. The largest absolute Gasteiger partial charge is 0.396 e. The number of imidazole rings is 1. The lowest BCUT2D eigenvalue weighted by Gasteiger charge is -2.16. The quantitative estimate of drug-likeness (QED) is 0.596. The number of aromatic amines is 1. The number of nitrogens with zero attached hydrogens (tertiary/aromatic N) is 3. The van der Waals surface area contributed by atoms with Crippen molar-refractivity contribution in [3.8, 4) is 0 Å². The van der Waals surface area contributed by atoms with Gasteiger partial charge < -0.3 is 21.1 Å². The van der Waals surface area contributed by atoms with E-state index in [4.69, 9.17) is 10.8 Å². The number of hydrogen-bond acceptors (Lipinski definition) is 6. The predicted octanol–water partition coefficient (Wildman–Crippen LogP) is 1.15. The maximum atomic E-state index is 9.05. The Morgan fingerprint density at radius 2 is 2.26 bits per heavy atom. The molecule has 19 heavy (non-hydrogen) atoms. The Hall–Kier alpha value is -1.89. The zero-order valence-electron chi connectivity index (χ0n) is 11.1. The molecule has 2 rings (SSSR count). The van der Waals surface area contributed by atoms with Gasteiger partial charge in [0.2, 0.25) is 5.95 Å². The van der Waals surface area contributed by atoms with Crippen LogP contribution < -0.4 is 11.1 Å². The summed E-state index contributed by atoms with van der Waals surface area (Å²) < 4.78 is 0. The Morgan fingerprint density at radius 3 is 3.00 bits per heavy atom. The maximum absolute atomic E-state index is 9.05. The summed E-state index contributed by atoms with van der Waals surface area (Å²) in [4.78, 5) is 15.3. The van der Waals surface area contributed by atoms with Gasteiger partial charge in [-0.25, -0.2) is 4.98 Å². The number of aliphatic hydroxyl groups excluding tert-OH is 1. The van der Waals surface area contributed by atoms with Crippen molar-refractivity contribution in [1.29, 1.82) is 0 Å². The van der Waals surface area contributed by atoms with Gasteiger partial charge in [-0.05, 0) is 18.8 Å². The molecule has 0 aromatic carbocycles. The number of nitrogens with two attached hydrogens (primary N) is 1. The van der Waals surface area contributed by atoms with E-state index < -0.39 is 0 Å². The first kappa shape index (κ1) is 13.5. The Kier molecular flexibility index (Phi) is 4.51. The molecule has 0 radical (unpaired) electrons. The Bertz CT molecular complexity index is 520. The number of nitrogen functional groups attached to an aromatic ring is 1. The predicted molar refractivity (Wildman–Crippen MR) is 74.7 cm³/mol. The second kappa shape index (κ2) is 6.33. The first-order valence-electron chi connectivity index (χ1n) is 6.56. The second-order valence-corrected chi connectivity index (χ2v) is 4.58. The van der Waals surface area contributed by atoms with E-state index in [2.05, 4.69) is 32.2 Å². The number of H-pyrrole nitrogens is 1. The van der Waals surface area contributed by atoms with Gasteiger partial charge in [0.1, 0.15) is 5.52 Å². The van der Waals surface area contributed by atoms with Crippen molar-refractivity contribution in [2.75, 3.05) is 24.2 Å². The van der Waals surface area contributed by atoms with Crippen LogP contribution in [0.4, 0.5) is 11.8 Å². The summed E-state index contributed by atoms with van der Waals surface area (Å²) in [6.45, 7) is 3.09. The lowest BCUT2D eigenvalue weighted by Crippen LogP contribution is -2.17. The number of anilines is 2. The third-order valence-electron chi connectivity index (χ3n) is 3.10. The van der Waals surface area contributed by atoms with Crippen LogP contribution in [-0.4, -0.2) is 38.2 Å². The number of aromatic nitrogens is 4. The van der Waals surface area contributed by atoms with Gasteiger partial charge in [-0.1, -0.05) is 13.3 Å². The van der Waals surface area contributed by atoms with Crippen LogP contribution >= 0.6 is 0 Å². The van der Waals surface area contributed by atoms with E-state index in [1.54, 1.807) is 6.33 Å². The standard InChI is InChI=1S/C12H20N6O/c1-2-3-8(4-5-19)6-14-10-9-11(16-7-15-9)18-12(13)17-10/h7-8,19H,2-6H2,1H3,(H4,13,14,15,16,17,18). The second-order valence-electron chi connectivity index (χ2n) is 4.58. The number of hydrogen-bond donors (Lipinski definition) is 4. The smallest absolute Gasteiger partial charge is 0.224 e. The van der Waals surface area contributed by atoms with Gasteiger partial charge >= 0.3 is 0 Å². The Morgan fingerprint density at radius 1 is 1.42 bits per heavy atom. The van der Waals surface area contributed by atoms with Crippen LogP contribution in [0.1, 0.15) is 26.2 Å². The van der Waals surface area contributed by atoms with Crippen LogP contribution in [-0.2, 0) is 0 Å². The number of rotatable bonds is 7. The first-order valence-corrected chi connectivity index (χ1v) is 6.56. The fourth-order valence-corrected chi connectivity index (χ4v) is 2.16. The zero-order chi connectivity index (χ0) is 13.7. The molecule has 7 nitrogen and oxygen atoms in total. The minimum absolute atomic E-state index is 0.205. The molecule has 5 N–H and O–H groups in total. The van der Waals surface area contributed by atoms with Crippen molar-refractivity contribution >= 4 is 22.9 Å². The maximum Gasteiger partial charge on any atom is 0.224 e. The molecule has 0 saturated carbocycles. The summed E-state index contributed by atoms with van der Waals surface area (Å²) >= 11 is 0. The van der Waals surface area contributed by atoms with Crippen molar-refractivity contribution in [3.05, 3.63) is 6.33 Å². The highest BCUT2D eigenvalue weighted by Gasteiger charge is 2.11. The average Bonchev–Trinajstić information content (AvgIpc) is 2.84. The number of fused-ring (bicyclic) bond motifs is 1. The van der Waals surface area contributed by atoms with Crippen molar-refractivity contribution in [2.24, 2.45) is 5.92 Å². The van der Waals surface area contributed by atoms with E-state index in [1.165, 1.54) is 0 Å². The molecular weight excluding hydrogens is 244 g/mol. The molecule has 2 heterocycles. The normalized spacial score (nSPS) is 12.7. The third kappa shape index (κ3) is 3.31. The summed E-state index contributed by atoms with van der Waals surface area (Å²) in [5.74, 6) is 1.29. The molecule has 0 aliphatic carbocycles. The summed E-state index contributed by atoms with van der Waals surface area (Å²) in [5, 5.41) is 12.3. The Labute approximate surface area is 111 Å². The fraction of sp³-hybridized carbons (Fsp3) is 0.583. The van der Waals surface area contributed by atoms with Crippen LogP contribution in [0.5, 0.6) is 0 Å². The van der Waals surface area contributed by atoms with E-state index in [0.29, 0.717) is 17.4 Å². The average molecular weight is 264 g/mol. The van der Waals surface area contributed by atoms with Gasteiger partial charge in [0, 0.05) is 13.2 Å². The molecule has 7 heteroatoms. The summed E-state index contributed by atoms with van der Waals surface area (Å²) in [5.41, 5.74) is 6.97. The zero-order valence-corrected chi connectivity index (χ0v) is 11.1. The molecule has 1 unspecified atom stereocenters. The summed E-state index contributed by atoms with van der Waals surface area (Å²) in [6.07, 6.45) is 4.52. The molecule has 0 aliphatic rings. The monoisotopic (exact) mass is 264 g/mol. The SMILES string of the molecule is CCCC(CCO)CNc1nc(N)nc2nc[nH]c12. The van der Waals surface area contributed by atoms with E-state index in [0.717, 1.165) is 31.3 Å².